The minimum atomic E-state index is -0.785. The number of esters is 1. The number of benzene rings is 1. The monoisotopic (exact) mass is 357 g/mol. The Bertz CT molecular complexity index is 569. The van der Waals surface area contributed by atoms with Crippen molar-refractivity contribution in [3.05, 3.63) is 28.2 Å². The van der Waals surface area contributed by atoms with Gasteiger partial charge in [0.25, 0.3) is 0 Å². The molecule has 2 rings (SSSR count). The van der Waals surface area contributed by atoms with Gasteiger partial charge in [0.15, 0.2) is 0 Å². The number of carbonyl (C=O) groups is 2. The number of nitrogens with one attached hydrogen (secondary N) is 1. The molecule has 0 saturated heterocycles. The SMILES string of the molecule is COC(=O)C(C(=O)Nc1ccc(Cl)c(Cl)c1)C1CCCCCC1. The summed E-state index contributed by atoms with van der Waals surface area (Å²) in [6, 6.07) is 4.84. The topological polar surface area (TPSA) is 55.4 Å². The van der Waals surface area contributed by atoms with Crippen molar-refractivity contribution in [2.75, 3.05) is 12.4 Å². The Labute approximate surface area is 146 Å². The lowest BCUT2D eigenvalue weighted by Crippen LogP contribution is -2.36. The molecule has 1 N–H and O–H groups in total. The average Bonchev–Trinajstić information content (AvgIpc) is 2.80. The number of hydrogen-bond donors (Lipinski definition) is 1. The summed E-state index contributed by atoms with van der Waals surface area (Å²) in [6.07, 6.45) is 6.12. The molecule has 1 aliphatic carbocycles. The normalized spacial score (nSPS) is 17.2. The molecular formula is C17H21Cl2NO3. The second kappa shape index (κ2) is 8.55. The van der Waals surface area contributed by atoms with Crippen molar-refractivity contribution in [1.29, 1.82) is 0 Å². The van der Waals surface area contributed by atoms with E-state index in [0.29, 0.717) is 15.7 Å². The van der Waals surface area contributed by atoms with Crippen molar-refractivity contribution in [3.8, 4) is 0 Å². The van der Waals surface area contributed by atoms with Crippen LogP contribution in [-0.4, -0.2) is 19.0 Å². The third kappa shape index (κ3) is 4.85. The number of methoxy groups -OCH3 is 1. The van der Waals surface area contributed by atoms with Crippen LogP contribution in [0.1, 0.15) is 38.5 Å². The zero-order valence-electron chi connectivity index (χ0n) is 13.1. The van der Waals surface area contributed by atoms with Gasteiger partial charge >= 0.3 is 5.97 Å². The minimum Gasteiger partial charge on any atom is -0.468 e. The molecule has 1 unspecified atom stereocenters. The molecular weight excluding hydrogens is 337 g/mol. The number of halogens is 2. The van der Waals surface area contributed by atoms with E-state index in [4.69, 9.17) is 27.9 Å². The van der Waals surface area contributed by atoms with Gasteiger partial charge in [-0.15, -0.1) is 0 Å². The molecule has 1 aliphatic rings. The van der Waals surface area contributed by atoms with Crippen LogP contribution in [0.4, 0.5) is 5.69 Å². The fraction of sp³-hybridized carbons (Fsp3) is 0.529. The van der Waals surface area contributed by atoms with E-state index in [-0.39, 0.29) is 11.8 Å². The number of ether oxygens (including phenoxy) is 1. The summed E-state index contributed by atoms with van der Waals surface area (Å²) in [5, 5.41) is 3.53. The lowest BCUT2D eigenvalue weighted by atomic mass is 9.85. The molecule has 1 fully saturated rings. The highest BCUT2D eigenvalue weighted by atomic mass is 35.5. The summed E-state index contributed by atoms with van der Waals surface area (Å²) >= 11 is 11.8. The summed E-state index contributed by atoms with van der Waals surface area (Å²) in [7, 11) is 1.32. The molecule has 1 aromatic carbocycles. The van der Waals surface area contributed by atoms with Gasteiger partial charge < -0.3 is 10.1 Å². The van der Waals surface area contributed by atoms with Gasteiger partial charge in [-0.3, -0.25) is 9.59 Å². The van der Waals surface area contributed by atoms with E-state index in [1.165, 1.54) is 7.11 Å². The van der Waals surface area contributed by atoms with Crippen LogP contribution >= 0.6 is 23.2 Å². The van der Waals surface area contributed by atoms with Crippen molar-refractivity contribution in [2.45, 2.75) is 38.5 Å². The van der Waals surface area contributed by atoms with E-state index >= 15 is 0 Å². The van der Waals surface area contributed by atoms with Crippen LogP contribution in [0, 0.1) is 11.8 Å². The summed E-state index contributed by atoms with van der Waals surface area (Å²) < 4.78 is 4.86. The van der Waals surface area contributed by atoms with E-state index in [1.807, 2.05) is 0 Å². The molecule has 1 saturated carbocycles. The maximum atomic E-state index is 12.6. The zero-order chi connectivity index (χ0) is 16.8. The highest BCUT2D eigenvalue weighted by Gasteiger charge is 2.35. The number of hydrogen-bond acceptors (Lipinski definition) is 3. The molecule has 6 heteroatoms. The van der Waals surface area contributed by atoms with E-state index in [9.17, 15) is 9.59 Å². The Hall–Kier alpha value is -1.26. The predicted molar refractivity (Wildman–Crippen MR) is 91.8 cm³/mol. The molecule has 0 radical (unpaired) electrons. The number of carbonyl (C=O) groups excluding carboxylic acids is 2. The van der Waals surface area contributed by atoms with Crippen molar-refractivity contribution >= 4 is 40.8 Å². The Morgan fingerprint density at radius 1 is 1.13 bits per heavy atom. The van der Waals surface area contributed by atoms with Gasteiger partial charge in [-0.05, 0) is 37.0 Å². The van der Waals surface area contributed by atoms with Gasteiger partial charge in [0.1, 0.15) is 5.92 Å². The van der Waals surface area contributed by atoms with E-state index in [1.54, 1.807) is 18.2 Å². The summed E-state index contributed by atoms with van der Waals surface area (Å²) in [6.45, 7) is 0. The van der Waals surface area contributed by atoms with Gasteiger partial charge in [-0.2, -0.15) is 0 Å². The highest BCUT2D eigenvalue weighted by molar-refractivity contribution is 6.42. The van der Waals surface area contributed by atoms with E-state index in [2.05, 4.69) is 5.32 Å². The fourth-order valence-electron chi connectivity index (χ4n) is 3.08. The van der Waals surface area contributed by atoms with Gasteiger partial charge in [-0.25, -0.2) is 0 Å². The maximum Gasteiger partial charge on any atom is 0.318 e. The minimum absolute atomic E-state index is 0.0210. The van der Waals surface area contributed by atoms with Crippen molar-refractivity contribution in [1.82, 2.24) is 0 Å². The van der Waals surface area contributed by atoms with Crippen molar-refractivity contribution in [2.24, 2.45) is 11.8 Å². The van der Waals surface area contributed by atoms with Crippen LogP contribution in [0.3, 0.4) is 0 Å². The first-order valence-electron chi connectivity index (χ1n) is 7.86. The van der Waals surface area contributed by atoms with E-state index < -0.39 is 11.9 Å². The van der Waals surface area contributed by atoms with Crippen molar-refractivity contribution in [3.63, 3.8) is 0 Å². The van der Waals surface area contributed by atoms with Gasteiger partial charge in [-0.1, -0.05) is 48.9 Å². The molecule has 1 aromatic rings. The van der Waals surface area contributed by atoms with Crippen LogP contribution < -0.4 is 5.32 Å². The first kappa shape index (κ1) is 18.1. The van der Waals surface area contributed by atoms with Gasteiger partial charge in [0.05, 0.1) is 17.2 Å². The molecule has 23 heavy (non-hydrogen) atoms. The molecule has 1 amide bonds. The Balaban J connectivity index is 2.15. The van der Waals surface area contributed by atoms with Crippen LogP contribution in [-0.2, 0) is 14.3 Å². The first-order valence-corrected chi connectivity index (χ1v) is 8.62. The van der Waals surface area contributed by atoms with Crippen LogP contribution in [0.15, 0.2) is 18.2 Å². The molecule has 0 aliphatic heterocycles. The lowest BCUT2D eigenvalue weighted by Gasteiger charge is -2.23. The fourth-order valence-corrected chi connectivity index (χ4v) is 3.38. The summed E-state index contributed by atoms with van der Waals surface area (Å²) in [5.74, 6) is -1.59. The molecule has 1 atom stereocenters. The molecule has 4 nitrogen and oxygen atoms in total. The Morgan fingerprint density at radius 3 is 2.35 bits per heavy atom. The number of rotatable bonds is 4. The molecule has 0 heterocycles. The second-order valence-electron chi connectivity index (χ2n) is 5.87. The van der Waals surface area contributed by atoms with E-state index in [0.717, 1.165) is 38.5 Å². The quantitative estimate of drug-likeness (QED) is 0.483. The van der Waals surface area contributed by atoms with Gasteiger partial charge in [0.2, 0.25) is 5.91 Å². The zero-order valence-corrected chi connectivity index (χ0v) is 14.6. The molecule has 0 spiro atoms. The summed E-state index contributed by atoms with van der Waals surface area (Å²) in [5.41, 5.74) is 0.520. The Kier molecular flexibility index (Phi) is 6.72. The van der Waals surface area contributed by atoms with Crippen molar-refractivity contribution < 1.29 is 14.3 Å². The lowest BCUT2D eigenvalue weighted by molar-refractivity contribution is -0.151. The standard InChI is InChI=1S/C17H21Cl2NO3/c1-23-17(22)15(11-6-4-2-3-5-7-11)16(21)20-12-8-9-13(18)14(19)10-12/h8-11,15H,2-7H2,1H3,(H,20,21). The van der Waals surface area contributed by atoms with Gasteiger partial charge in [0, 0.05) is 5.69 Å². The second-order valence-corrected chi connectivity index (χ2v) is 6.69. The first-order chi connectivity index (χ1) is 11.0. The van der Waals surface area contributed by atoms with Crippen LogP contribution in [0.5, 0.6) is 0 Å². The van der Waals surface area contributed by atoms with Crippen LogP contribution in [0.2, 0.25) is 10.0 Å². The largest absolute Gasteiger partial charge is 0.468 e. The molecule has 0 bridgehead atoms. The predicted octanol–water partition coefficient (Wildman–Crippen LogP) is 4.69. The Morgan fingerprint density at radius 2 is 1.78 bits per heavy atom. The molecule has 0 aromatic heterocycles. The smallest absolute Gasteiger partial charge is 0.318 e. The van der Waals surface area contributed by atoms with Crippen LogP contribution in [0.25, 0.3) is 0 Å². The molecule has 126 valence electrons. The number of anilines is 1. The highest BCUT2D eigenvalue weighted by Crippen LogP contribution is 2.31. The third-order valence-electron chi connectivity index (χ3n) is 4.30. The summed E-state index contributed by atoms with van der Waals surface area (Å²) in [4.78, 5) is 24.8. The third-order valence-corrected chi connectivity index (χ3v) is 5.03. The maximum absolute atomic E-state index is 12.6. The number of amides is 1. The average molecular weight is 358 g/mol.